The van der Waals surface area contributed by atoms with E-state index in [1.807, 2.05) is 7.05 Å². The molecule has 0 fully saturated rings. The van der Waals surface area contributed by atoms with Crippen LogP contribution in [0.4, 0.5) is 0 Å². The van der Waals surface area contributed by atoms with Gasteiger partial charge in [0.25, 0.3) is 0 Å². The fourth-order valence-electron chi connectivity index (χ4n) is 0.849. The first-order chi connectivity index (χ1) is 4.59. The van der Waals surface area contributed by atoms with E-state index in [2.05, 4.69) is 13.8 Å². The Morgan fingerprint density at radius 3 is 2.50 bits per heavy atom. The van der Waals surface area contributed by atoms with Crippen molar-refractivity contribution in [2.24, 2.45) is 5.73 Å². The van der Waals surface area contributed by atoms with Crippen LogP contribution in [0.2, 0.25) is 0 Å². The molecule has 0 rings (SSSR count). The zero-order valence-electron chi connectivity index (χ0n) is 7.02. The summed E-state index contributed by atoms with van der Waals surface area (Å²) < 4.78 is 0. The van der Waals surface area contributed by atoms with E-state index in [0.717, 1.165) is 12.8 Å². The topological polar surface area (TPSA) is 53.1 Å². The molecule has 0 radical (unpaired) electrons. The van der Waals surface area contributed by atoms with E-state index in [-0.39, 0.29) is 5.96 Å². The Kier molecular flexibility index (Phi) is 3.84. The van der Waals surface area contributed by atoms with Crippen molar-refractivity contribution in [3.05, 3.63) is 0 Å². The predicted molar refractivity (Wildman–Crippen MR) is 44.0 cm³/mol. The second kappa shape index (κ2) is 4.14. The average Bonchev–Trinajstić information content (AvgIpc) is 1.87. The first-order valence-electron chi connectivity index (χ1n) is 3.66. The lowest BCUT2D eigenvalue weighted by Crippen LogP contribution is -2.39. The van der Waals surface area contributed by atoms with Crippen molar-refractivity contribution in [1.82, 2.24) is 4.90 Å². The molecule has 0 aromatic rings. The number of rotatable bonds is 3. The molecule has 10 heavy (non-hydrogen) atoms. The van der Waals surface area contributed by atoms with Crippen molar-refractivity contribution < 1.29 is 0 Å². The fraction of sp³-hybridized carbons (Fsp3) is 0.857. The van der Waals surface area contributed by atoms with Crippen molar-refractivity contribution in [1.29, 1.82) is 5.41 Å². The highest BCUT2D eigenvalue weighted by Crippen LogP contribution is 2.01. The van der Waals surface area contributed by atoms with Gasteiger partial charge in [-0.15, -0.1) is 0 Å². The average molecular weight is 143 g/mol. The molecule has 0 aromatic heterocycles. The van der Waals surface area contributed by atoms with Gasteiger partial charge in [-0.25, -0.2) is 0 Å². The maximum atomic E-state index is 7.11. The van der Waals surface area contributed by atoms with Crippen LogP contribution in [0, 0.1) is 5.41 Å². The summed E-state index contributed by atoms with van der Waals surface area (Å²) in [6, 6.07) is 0.391. The van der Waals surface area contributed by atoms with Crippen molar-refractivity contribution in [2.45, 2.75) is 32.7 Å². The Morgan fingerprint density at radius 1 is 1.70 bits per heavy atom. The molecule has 3 nitrogen and oxygen atoms in total. The largest absolute Gasteiger partial charge is 0.370 e. The molecule has 60 valence electrons. The fourth-order valence-corrected chi connectivity index (χ4v) is 0.849. The van der Waals surface area contributed by atoms with Crippen LogP contribution in [0.15, 0.2) is 0 Å². The van der Waals surface area contributed by atoms with Crippen LogP contribution in [0.1, 0.15) is 26.7 Å². The summed E-state index contributed by atoms with van der Waals surface area (Å²) in [5.41, 5.74) is 5.28. The number of guanidine groups is 1. The highest BCUT2D eigenvalue weighted by Gasteiger charge is 2.07. The summed E-state index contributed by atoms with van der Waals surface area (Å²) in [7, 11) is 1.85. The van der Waals surface area contributed by atoms with Crippen molar-refractivity contribution >= 4 is 5.96 Å². The van der Waals surface area contributed by atoms with Gasteiger partial charge in [0.05, 0.1) is 0 Å². The minimum absolute atomic E-state index is 0.154. The second-order valence-electron chi connectivity index (χ2n) is 2.63. The van der Waals surface area contributed by atoms with Crippen LogP contribution in [0.25, 0.3) is 0 Å². The van der Waals surface area contributed by atoms with Gasteiger partial charge in [0, 0.05) is 13.1 Å². The number of nitrogens with zero attached hydrogens (tertiary/aromatic N) is 1. The van der Waals surface area contributed by atoms with Gasteiger partial charge in [0.2, 0.25) is 0 Å². The third-order valence-electron chi connectivity index (χ3n) is 1.75. The molecule has 0 saturated heterocycles. The smallest absolute Gasteiger partial charge is 0.188 e. The molecule has 1 unspecified atom stereocenters. The van der Waals surface area contributed by atoms with Crippen LogP contribution < -0.4 is 5.73 Å². The lowest BCUT2D eigenvalue weighted by Gasteiger charge is -2.24. The number of hydrogen-bond acceptors (Lipinski definition) is 1. The van der Waals surface area contributed by atoms with Crippen LogP contribution >= 0.6 is 0 Å². The van der Waals surface area contributed by atoms with Gasteiger partial charge >= 0.3 is 0 Å². The number of nitrogens with two attached hydrogens (primary N) is 1. The summed E-state index contributed by atoms with van der Waals surface area (Å²) in [5.74, 6) is 0.154. The SMILES string of the molecule is CCCC(C)N(C)C(=N)N. The molecule has 3 heteroatoms. The van der Waals surface area contributed by atoms with E-state index in [1.54, 1.807) is 4.90 Å². The third-order valence-corrected chi connectivity index (χ3v) is 1.75. The minimum Gasteiger partial charge on any atom is -0.370 e. The van der Waals surface area contributed by atoms with Crippen molar-refractivity contribution in [2.75, 3.05) is 7.05 Å². The van der Waals surface area contributed by atoms with Crippen molar-refractivity contribution in [3.8, 4) is 0 Å². The molecule has 0 aromatic carbocycles. The maximum absolute atomic E-state index is 7.11. The molecule has 0 spiro atoms. The molecule has 0 aliphatic carbocycles. The van der Waals surface area contributed by atoms with Crippen LogP contribution in [0.5, 0.6) is 0 Å². The molecule has 0 saturated carbocycles. The molecule has 0 heterocycles. The van der Waals surface area contributed by atoms with Crippen molar-refractivity contribution in [3.63, 3.8) is 0 Å². The zero-order valence-corrected chi connectivity index (χ0v) is 7.02. The van der Waals surface area contributed by atoms with E-state index in [0.29, 0.717) is 6.04 Å². The van der Waals surface area contributed by atoms with E-state index in [4.69, 9.17) is 11.1 Å². The van der Waals surface area contributed by atoms with Gasteiger partial charge in [-0.05, 0) is 13.3 Å². The number of hydrogen-bond donors (Lipinski definition) is 2. The Bertz CT molecular complexity index is 111. The van der Waals surface area contributed by atoms with Crippen LogP contribution in [-0.2, 0) is 0 Å². The highest BCUT2D eigenvalue weighted by atomic mass is 15.2. The molecule has 0 amide bonds. The summed E-state index contributed by atoms with van der Waals surface area (Å²) >= 11 is 0. The third kappa shape index (κ3) is 2.71. The lowest BCUT2D eigenvalue weighted by atomic mass is 10.2. The van der Waals surface area contributed by atoms with Crippen LogP contribution in [0.3, 0.4) is 0 Å². The standard InChI is InChI=1S/C7H17N3/c1-4-5-6(2)10(3)7(8)9/h6H,4-5H2,1-3H3,(H3,8,9). The first-order valence-corrected chi connectivity index (χ1v) is 3.66. The predicted octanol–water partition coefficient (Wildman–Crippen LogP) is 1.00. The Morgan fingerprint density at radius 2 is 2.20 bits per heavy atom. The maximum Gasteiger partial charge on any atom is 0.188 e. The van der Waals surface area contributed by atoms with Gasteiger partial charge < -0.3 is 10.6 Å². The Hall–Kier alpha value is -0.730. The minimum atomic E-state index is 0.154. The van der Waals surface area contributed by atoms with Gasteiger partial charge in [-0.1, -0.05) is 13.3 Å². The normalized spacial score (nSPS) is 12.7. The molecule has 0 aliphatic heterocycles. The summed E-state index contributed by atoms with van der Waals surface area (Å²) in [6.45, 7) is 4.20. The summed E-state index contributed by atoms with van der Waals surface area (Å²) in [6.07, 6.45) is 2.23. The molecular weight excluding hydrogens is 126 g/mol. The summed E-state index contributed by atoms with van der Waals surface area (Å²) in [4.78, 5) is 1.78. The quantitative estimate of drug-likeness (QED) is 0.457. The Balaban J connectivity index is 3.69. The molecule has 0 aliphatic rings. The first kappa shape index (κ1) is 9.27. The van der Waals surface area contributed by atoms with Gasteiger partial charge in [-0.3, -0.25) is 5.41 Å². The second-order valence-corrected chi connectivity index (χ2v) is 2.63. The van der Waals surface area contributed by atoms with E-state index >= 15 is 0 Å². The molecule has 1 atom stereocenters. The zero-order chi connectivity index (χ0) is 8.15. The van der Waals surface area contributed by atoms with E-state index in [9.17, 15) is 0 Å². The highest BCUT2D eigenvalue weighted by molar-refractivity contribution is 5.74. The lowest BCUT2D eigenvalue weighted by molar-refractivity contribution is 0.361. The molecule has 3 N–H and O–H groups in total. The van der Waals surface area contributed by atoms with E-state index in [1.165, 1.54) is 0 Å². The molecule has 0 bridgehead atoms. The number of nitrogens with one attached hydrogen (secondary N) is 1. The van der Waals surface area contributed by atoms with Gasteiger partial charge in [-0.2, -0.15) is 0 Å². The monoisotopic (exact) mass is 143 g/mol. The van der Waals surface area contributed by atoms with Crippen LogP contribution in [-0.4, -0.2) is 23.9 Å². The van der Waals surface area contributed by atoms with Gasteiger partial charge in [0.1, 0.15) is 0 Å². The molecular formula is C7H17N3. The summed E-state index contributed by atoms with van der Waals surface area (Å²) in [5, 5.41) is 7.11. The van der Waals surface area contributed by atoms with Gasteiger partial charge in [0.15, 0.2) is 5.96 Å². The Labute approximate surface area is 62.7 Å². The van der Waals surface area contributed by atoms with E-state index < -0.39 is 0 Å².